The van der Waals surface area contributed by atoms with Crippen molar-refractivity contribution in [3.05, 3.63) is 0 Å². The van der Waals surface area contributed by atoms with E-state index in [1.165, 1.54) is 30.6 Å². The van der Waals surface area contributed by atoms with Gasteiger partial charge in [-0.2, -0.15) is 11.8 Å². The normalized spacial score (nSPS) is 29.2. The maximum Gasteiger partial charge on any atom is 0.244 e. The summed E-state index contributed by atoms with van der Waals surface area (Å²) >= 11 is 1.72. The monoisotopic (exact) mass is 298 g/mol. The molecule has 0 aromatic rings. The minimum Gasteiger partial charge on any atom is -0.347 e. The third kappa shape index (κ3) is 3.90. The van der Waals surface area contributed by atoms with Crippen molar-refractivity contribution in [1.29, 1.82) is 0 Å². The molecule has 2 amide bonds. The zero-order chi connectivity index (χ0) is 14.7. The molecule has 0 spiro atoms. The fourth-order valence-electron chi connectivity index (χ4n) is 3.62. The number of amides is 2. The first-order valence-corrected chi connectivity index (χ1v) is 8.71. The van der Waals surface area contributed by atoms with Crippen molar-refractivity contribution in [1.82, 2.24) is 10.2 Å². The molecular formula is C15H26N2O2S. The van der Waals surface area contributed by atoms with Crippen molar-refractivity contribution < 1.29 is 9.59 Å². The number of hydrogen-bond donors (Lipinski definition) is 1. The van der Waals surface area contributed by atoms with Crippen molar-refractivity contribution in [3.8, 4) is 0 Å². The molecule has 114 valence electrons. The van der Waals surface area contributed by atoms with Gasteiger partial charge in [-0.25, -0.2) is 0 Å². The Balaban J connectivity index is 1.62. The molecule has 2 rings (SSSR count). The Labute approximate surface area is 126 Å². The minimum absolute atomic E-state index is 0.0270. The second-order valence-corrected chi connectivity index (χ2v) is 7.50. The molecule has 4 atom stereocenters. The lowest BCUT2D eigenvalue weighted by Crippen LogP contribution is -2.44. The molecule has 0 aromatic heterocycles. The summed E-state index contributed by atoms with van der Waals surface area (Å²) in [5, 5.41) is 2.77. The van der Waals surface area contributed by atoms with Crippen LogP contribution in [0.2, 0.25) is 0 Å². The highest BCUT2D eigenvalue weighted by atomic mass is 32.2. The molecule has 5 heteroatoms. The van der Waals surface area contributed by atoms with Crippen LogP contribution in [0.4, 0.5) is 0 Å². The van der Waals surface area contributed by atoms with Crippen LogP contribution >= 0.6 is 11.8 Å². The molecule has 0 heterocycles. The summed E-state index contributed by atoms with van der Waals surface area (Å²) < 4.78 is 0. The molecule has 0 aromatic carbocycles. The first-order valence-electron chi connectivity index (χ1n) is 7.55. The number of nitrogens with one attached hydrogen (secondary N) is 1. The molecule has 0 radical (unpaired) electrons. The fourth-order valence-corrected chi connectivity index (χ4v) is 4.71. The van der Waals surface area contributed by atoms with Crippen LogP contribution in [0.25, 0.3) is 0 Å². The van der Waals surface area contributed by atoms with Crippen molar-refractivity contribution in [2.75, 3.05) is 25.6 Å². The summed E-state index contributed by atoms with van der Waals surface area (Å²) in [6.07, 6.45) is 5.62. The predicted molar refractivity (Wildman–Crippen MR) is 82.6 cm³/mol. The first-order chi connectivity index (χ1) is 9.47. The van der Waals surface area contributed by atoms with Crippen molar-refractivity contribution in [3.63, 3.8) is 0 Å². The smallest absolute Gasteiger partial charge is 0.244 e. The van der Waals surface area contributed by atoms with Gasteiger partial charge in [0.2, 0.25) is 11.8 Å². The highest BCUT2D eigenvalue weighted by Crippen LogP contribution is 2.49. The van der Waals surface area contributed by atoms with E-state index < -0.39 is 6.04 Å². The van der Waals surface area contributed by atoms with Crippen LogP contribution in [0.3, 0.4) is 0 Å². The molecule has 2 aliphatic rings. The lowest BCUT2D eigenvalue weighted by atomic mass is 9.90. The van der Waals surface area contributed by atoms with Gasteiger partial charge in [-0.15, -0.1) is 0 Å². The van der Waals surface area contributed by atoms with Gasteiger partial charge in [-0.05, 0) is 49.7 Å². The number of likely N-dealkylation sites (N-methyl/N-ethyl adjacent to an activating group) is 1. The van der Waals surface area contributed by atoms with E-state index in [1.807, 2.05) is 0 Å². The molecule has 0 unspecified atom stereocenters. The van der Waals surface area contributed by atoms with Gasteiger partial charge in [-0.1, -0.05) is 6.42 Å². The molecule has 4 nitrogen and oxygen atoms in total. The first kappa shape index (κ1) is 15.7. The summed E-state index contributed by atoms with van der Waals surface area (Å²) in [4.78, 5) is 25.0. The van der Waals surface area contributed by atoms with E-state index in [2.05, 4.69) is 5.32 Å². The summed E-state index contributed by atoms with van der Waals surface area (Å²) in [6.45, 7) is 1.74. The molecule has 2 aliphatic carbocycles. The van der Waals surface area contributed by atoms with Gasteiger partial charge in [0, 0.05) is 14.1 Å². The molecular weight excluding hydrogens is 272 g/mol. The van der Waals surface area contributed by atoms with Crippen LogP contribution in [0.15, 0.2) is 0 Å². The predicted octanol–water partition coefficient (Wildman–Crippen LogP) is 1.75. The quantitative estimate of drug-likeness (QED) is 0.813. The van der Waals surface area contributed by atoms with Gasteiger partial charge in [0.15, 0.2) is 0 Å². The Morgan fingerprint density at radius 2 is 2.05 bits per heavy atom. The minimum atomic E-state index is -0.430. The lowest BCUT2D eigenvalue weighted by molar-refractivity contribution is -0.133. The summed E-state index contributed by atoms with van der Waals surface area (Å²) in [6, 6.07) is -0.430. The van der Waals surface area contributed by atoms with Crippen LogP contribution < -0.4 is 5.32 Å². The van der Waals surface area contributed by atoms with Crippen molar-refractivity contribution >= 4 is 23.6 Å². The summed E-state index contributed by atoms with van der Waals surface area (Å²) in [5.41, 5.74) is 0. The Hall–Kier alpha value is -0.710. The number of nitrogens with zero attached hydrogens (tertiary/aromatic N) is 1. The van der Waals surface area contributed by atoms with E-state index in [4.69, 9.17) is 0 Å². The van der Waals surface area contributed by atoms with Crippen LogP contribution in [-0.4, -0.2) is 48.4 Å². The second-order valence-electron chi connectivity index (χ2n) is 6.47. The molecule has 2 bridgehead atoms. The number of rotatable bonds is 6. The van der Waals surface area contributed by atoms with E-state index in [9.17, 15) is 9.59 Å². The third-order valence-electron chi connectivity index (χ3n) is 4.64. The van der Waals surface area contributed by atoms with Gasteiger partial charge >= 0.3 is 0 Å². The van der Waals surface area contributed by atoms with Gasteiger partial charge in [0.05, 0.1) is 5.75 Å². The Morgan fingerprint density at radius 3 is 2.60 bits per heavy atom. The highest BCUT2D eigenvalue weighted by molar-refractivity contribution is 7.99. The number of carbonyl (C=O) groups excluding carboxylic acids is 2. The summed E-state index contributed by atoms with van der Waals surface area (Å²) in [7, 11) is 3.41. The lowest BCUT2D eigenvalue weighted by Gasteiger charge is -2.21. The second kappa shape index (κ2) is 6.83. The SMILES string of the molecule is C[C@H](NC(=O)CSC[C@@H]1C[C@H]2CC[C@H]1C2)C(=O)N(C)C. The van der Waals surface area contributed by atoms with Crippen LogP contribution in [0.5, 0.6) is 0 Å². The average Bonchev–Trinajstić information content (AvgIpc) is 2.99. The molecule has 0 saturated heterocycles. The zero-order valence-corrected chi connectivity index (χ0v) is 13.5. The molecule has 2 saturated carbocycles. The average molecular weight is 298 g/mol. The van der Waals surface area contributed by atoms with E-state index in [0.717, 1.165) is 23.5 Å². The zero-order valence-electron chi connectivity index (χ0n) is 12.7. The maximum absolute atomic E-state index is 11.8. The van der Waals surface area contributed by atoms with Crippen LogP contribution in [0.1, 0.15) is 32.6 Å². The van der Waals surface area contributed by atoms with Crippen LogP contribution in [-0.2, 0) is 9.59 Å². The van der Waals surface area contributed by atoms with Gasteiger partial charge in [0.1, 0.15) is 6.04 Å². The Bertz CT molecular complexity index is 373. The van der Waals surface area contributed by atoms with Gasteiger partial charge in [0.25, 0.3) is 0 Å². The standard InChI is InChI=1S/C15H26N2O2S/c1-10(15(19)17(2)3)16-14(18)9-20-8-13-7-11-4-5-12(13)6-11/h10-13H,4-9H2,1-3H3,(H,16,18)/t10-,11-,12-,13-/m0/s1. The van der Waals surface area contributed by atoms with Gasteiger partial charge in [-0.3, -0.25) is 9.59 Å². The van der Waals surface area contributed by atoms with E-state index >= 15 is 0 Å². The third-order valence-corrected chi connectivity index (χ3v) is 5.77. The molecule has 1 N–H and O–H groups in total. The van der Waals surface area contributed by atoms with E-state index in [-0.39, 0.29) is 11.8 Å². The number of thioether (sulfide) groups is 1. The largest absolute Gasteiger partial charge is 0.347 e. The number of hydrogen-bond acceptors (Lipinski definition) is 3. The molecule has 20 heavy (non-hydrogen) atoms. The highest BCUT2D eigenvalue weighted by Gasteiger charge is 2.39. The maximum atomic E-state index is 11.8. The summed E-state index contributed by atoms with van der Waals surface area (Å²) in [5.74, 6) is 4.20. The Kier molecular flexibility index (Phi) is 5.35. The van der Waals surface area contributed by atoms with E-state index in [1.54, 1.807) is 32.8 Å². The molecule has 2 fully saturated rings. The van der Waals surface area contributed by atoms with Gasteiger partial charge < -0.3 is 10.2 Å². The number of carbonyl (C=O) groups is 2. The molecule has 0 aliphatic heterocycles. The van der Waals surface area contributed by atoms with E-state index in [0.29, 0.717) is 5.75 Å². The number of fused-ring (bicyclic) bond motifs is 2. The Morgan fingerprint density at radius 1 is 1.30 bits per heavy atom. The topological polar surface area (TPSA) is 49.4 Å². The van der Waals surface area contributed by atoms with Crippen LogP contribution in [0, 0.1) is 17.8 Å². The van der Waals surface area contributed by atoms with Crippen molar-refractivity contribution in [2.24, 2.45) is 17.8 Å². The van der Waals surface area contributed by atoms with Crippen molar-refractivity contribution in [2.45, 2.75) is 38.6 Å². The fraction of sp³-hybridized carbons (Fsp3) is 0.867.